The summed E-state index contributed by atoms with van der Waals surface area (Å²) in [6.07, 6.45) is 0. The van der Waals surface area contributed by atoms with E-state index in [-0.39, 0.29) is 10.0 Å². The van der Waals surface area contributed by atoms with Gasteiger partial charge in [0.25, 0.3) is 0 Å². The van der Waals surface area contributed by atoms with Gasteiger partial charge in [-0.2, -0.15) is 0 Å². The highest BCUT2D eigenvalue weighted by atomic mass is 79.9. The molecule has 1 aromatic carbocycles. The maximum atomic E-state index is 14.0. The minimum atomic E-state index is -0.839. The number of nitrogens with zero attached hydrogens (tertiary/aromatic N) is 1. The third-order valence-electron chi connectivity index (χ3n) is 2.61. The van der Waals surface area contributed by atoms with Gasteiger partial charge in [-0.1, -0.05) is 0 Å². The van der Waals surface area contributed by atoms with Crippen LogP contribution in [0.5, 0.6) is 0 Å². The summed E-state index contributed by atoms with van der Waals surface area (Å²) in [6, 6.07) is 1.69. The Labute approximate surface area is 116 Å². The smallest absolute Gasteiger partial charge is 0.145 e. The highest BCUT2D eigenvalue weighted by Gasteiger charge is 2.23. The molecule has 0 saturated carbocycles. The van der Waals surface area contributed by atoms with Crippen molar-refractivity contribution in [1.82, 2.24) is 4.98 Å². The SMILES string of the molecule is Cc1nc(C)c(C(N)c2c(F)ccc(Br)c2F)s1. The number of aromatic nitrogens is 1. The third kappa shape index (κ3) is 2.32. The van der Waals surface area contributed by atoms with Crippen molar-refractivity contribution in [2.75, 3.05) is 0 Å². The molecule has 0 saturated heterocycles. The normalized spacial score (nSPS) is 12.8. The Morgan fingerprint density at radius 3 is 2.56 bits per heavy atom. The quantitative estimate of drug-likeness (QED) is 0.848. The average Bonchev–Trinajstić information content (AvgIpc) is 2.63. The number of hydrogen-bond donors (Lipinski definition) is 1. The second kappa shape index (κ2) is 5.03. The highest BCUT2D eigenvalue weighted by molar-refractivity contribution is 9.10. The monoisotopic (exact) mass is 332 g/mol. The summed E-state index contributed by atoms with van der Waals surface area (Å²) < 4.78 is 27.9. The van der Waals surface area contributed by atoms with E-state index in [4.69, 9.17) is 5.73 Å². The van der Waals surface area contributed by atoms with Gasteiger partial charge in [0, 0.05) is 10.4 Å². The molecule has 0 amide bonds. The van der Waals surface area contributed by atoms with Crippen LogP contribution in [0.1, 0.15) is 27.2 Å². The lowest BCUT2D eigenvalue weighted by Gasteiger charge is -2.13. The van der Waals surface area contributed by atoms with Crippen molar-refractivity contribution >= 4 is 27.3 Å². The van der Waals surface area contributed by atoms with Crippen molar-refractivity contribution in [3.05, 3.63) is 49.4 Å². The fraction of sp³-hybridized carbons (Fsp3) is 0.250. The van der Waals surface area contributed by atoms with E-state index < -0.39 is 17.7 Å². The molecule has 96 valence electrons. The predicted molar refractivity (Wildman–Crippen MR) is 71.7 cm³/mol. The minimum Gasteiger partial charge on any atom is -0.319 e. The molecule has 2 aromatic rings. The van der Waals surface area contributed by atoms with Crippen LogP contribution >= 0.6 is 27.3 Å². The molecule has 0 aliphatic carbocycles. The van der Waals surface area contributed by atoms with Crippen molar-refractivity contribution in [3.8, 4) is 0 Å². The second-order valence-electron chi connectivity index (χ2n) is 3.92. The van der Waals surface area contributed by atoms with E-state index in [1.807, 2.05) is 6.92 Å². The fourth-order valence-electron chi connectivity index (χ4n) is 1.79. The second-order valence-corrected chi connectivity index (χ2v) is 6.01. The maximum absolute atomic E-state index is 14.0. The van der Waals surface area contributed by atoms with Gasteiger partial charge in [0.15, 0.2) is 0 Å². The molecule has 1 unspecified atom stereocenters. The lowest BCUT2D eigenvalue weighted by atomic mass is 10.0. The summed E-state index contributed by atoms with van der Waals surface area (Å²) in [6.45, 7) is 3.62. The Balaban J connectivity index is 2.56. The molecule has 1 heterocycles. The van der Waals surface area contributed by atoms with Crippen LogP contribution in [0.3, 0.4) is 0 Å². The Bertz CT molecular complexity index is 598. The predicted octanol–water partition coefficient (Wildman–Crippen LogP) is 3.85. The number of rotatable bonds is 2. The molecule has 2 N–H and O–H groups in total. The molecule has 0 fully saturated rings. The number of hydrogen-bond acceptors (Lipinski definition) is 3. The van der Waals surface area contributed by atoms with Gasteiger partial charge in [0.1, 0.15) is 11.6 Å². The molecule has 2 nitrogen and oxygen atoms in total. The average molecular weight is 333 g/mol. The molecular formula is C12H11BrF2N2S. The van der Waals surface area contributed by atoms with Gasteiger partial charge in [-0.25, -0.2) is 13.8 Å². The number of halogens is 3. The molecule has 0 aliphatic heterocycles. The summed E-state index contributed by atoms with van der Waals surface area (Å²) >= 11 is 4.39. The Hall–Kier alpha value is -0.850. The molecule has 6 heteroatoms. The summed E-state index contributed by atoms with van der Waals surface area (Å²) in [5.41, 5.74) is 6.55. The topological polar surface area (TPSA) is 38.9 Å². The summed E-state index contributed by atoms with van der Waals surface area (Å²) in [4.78, 5) is 4.91. The van der Waals surface area contributed by atoms with Crippen LogP contribution in [0, 0.1) is 25.5 Å². The summed E-state index contributed by atoms with van der Waals surface area (Å²) in [5, 5.41) is 0.828. The fourth-order valence-corrected chi connectivity index (χ4v) is 3.08. The first-order valence-corrected chi connectivity index (χ1v) is 6.85. The van der Waals surface area contributed by atoms with Crippen molar-refractivity contribution in [3.63, 3.8) is 0 Å². The summed E-state index contributed by atoms with van der Waals surface area (Å²) in [7, 11) is 0. The van der Waals surface area contributed by atoms with Crippen molar-refractivity contribution in [1.29, 1.82) is 0 Å². The molecule has 0 bridgehead atoms. The van der Waals surface area contributed by atoms with Gasteiger partial charge in [-0.3, -0.25) is 0 Å². The zero-order chi connectivity index (χ0) is 13.4. The Morgan fingerprint density at radius 1 is 1.33 bits per heavy atom. The van der Waals surface area contributed by atoms with Crippen LogP contribution in [-0.2, 0) is 0 Å². The van der Waals surface area contributed by atoms with E-state index in [1.165, 1.54) is 23.5 Å². The maximum Gasteiger partial charge on any atom is 0.145 e. The third-order valence-corrected chi connectivity index (χ3v) is 4.38. The standard InChI is InChI=1S/C12H11BrF2N2S/c1-5-12(18-6(2)17-5)11(16)9-8(14)4-3-7(13)10(9)15/h3-4,11H,16H2,1-2H3. The van der Waals surface area contributed by atoms with Gasteiger partial charge < -0.3 is 5.73 Å². The molecule has 0 radical (unpaired) electrons. The molecule has 0 aliphatic rings. The molecular weight excluding hydrogens is 322 g/mol. The van der Waals surface area contributed by atoms with E-state index in [0.29, 0.717) is 10.6 Å². The van der Waals surface area contributed by atoms with Gasteiger partial charge in [0.05, 0.1) is 21.2 Å². The number of benzene rings is 1. The van der Waals surface area contributed by atoms with Crippen molar-refractivity contribution in [2.24, 2.45) is 5.73 Å². The lowest BCUT2D eigenvalue weighted by Crippen LogP contribution is -2.15. The van der Waals surface area contributed by atoms with Crippen LogP contribution in [-0.4, -0.2) is 4.98 Å². The molecule has 1 aromatic heterocycles. The van der Waals surface area contributed by atoms with Gasteiger partial charge >= 0.3 is 0 Å². The van der Waals surface area contributed by atoms with Crippen LogP contribution in [0.4, 0.5) is 8.78 Å². The van der Waals surface area contributed by atoms with E-state index in [2.05, 4.69) is 20.9 Å². The van der Waals surface area contributed by atoms with E-state index in [9.17, 15) is 8.78 Å². The van der Waals surface area contributed by atoms with Crippen LogP contribution < -0.4 is 5.73 Å². The van der Waals surface area contributed by atoms with Crippen LogP contribution in [0.15, 0.2) is 16.6 Å². The van der Waals surface area contributed by atoms with Gasteiger partial charge in [0.2, 0.25) is 0 Å². The highest BCUT2D eigenvalue weighted by Crippen LogP contribution is 2.33. The lowest BCUT2D eigenvalue weighted by molar-refractivity contribution is 0.540. The van der Waals surface area contributed by atoms with E-state index in [1.54, 1.807) is 6.92 Å². The van der Waals surface area contributed by atoms with Crippen molar-refractivity contribution < 1.29 is 8.78 Å². The summed E-state index contributed by atoms with van der Waals surface area (Å²) in [5.74, 6) is -1.30. The molecule has 2 rings (SSSR count). The Morgan fingerprint density at radius 2 is 2.00 bits per heavy atom. The number of aryl methyl sites for hydroxylation is 2. The zero-order valence-electron chi connectivity index (χ0n) is 9.80. The Kier molecular flexibility index (Phi) is 3.79. The number of thiazole rings is 1. The van der Waals surface area contributed by atoms with Crippen LogP contribution in [0.25, 0.3) is 0 Å². The van der Waals surface area contributed by atoms with E-state index >= 15 is 0 Å². The molecule has 0 spiro atoms. The number of nitrogens with two attached hydrogens (primary N) is 1. The minimum absolute atomic E-state index is 0.129. The first-order valence-electron chi connectivity index (χ1n) is 5.24. The first kappa shape index (κ1) is 13.6. The van der Waals surface area contributed by atoms with Crippen molar-refractivity contribution in [2.45, 2.75) is 19.9 Å². The molecule has 18 heavy (non-hydrogen) atoms. The van der Waals surface area contributed by atoms with Gasteiger partial charge in [-0.15, -0.1) is 11.3 Å². The zero-order valence-corrected chi connectivity index (χ0v) is 12.2. The molecule has 1 atom stereocenters. The van der Waals surface area contributed by atoms with Gasteiger partial charge in [-0.05, 0) is 41.9 Å². The van der Waals surface area contributed by atoms with E-state index in [0.717, 1.165) is 5.01 Å². The largest absolute Gasteiger partial charge is 0.319 e. The first-order chi connectivity index (χ1) is 8.41. The van der Waals surface area contributed by atoms with Crippen LogP contribution in [0.2, 0.25) is 0 Å².